The molecule has 2 aromatic carbocycles. The Hall–Kier alpha value is -3.42. The number of nitrogens with zero attached hydrogens (tertiary/aromatic N) is 3. The first kappa shape index (κ1) is 18.0. The predicted octanol–water partition coefficient (Wildman–Crippen LogP) is 5.63. The maximum absolute atomic E-state index is 13.7. The van der Waals surface area contributed by atoms with E-state index in [2.05, 4.69) is 15.3 Å². The van der Waals surface area contributed by atoms with Crippen LogP contribution in [0.2, 0.25) is 0 Å². The minimum Gasteiger partial charge on any atom is -0.340 e. The first-order valence-electron chi connectivity index (χ1n) is 8.37. The summed E-state index contributed by atoms with van der Waals surface area (Å²) < 4.78 is 53.4. The summed E-state index contributed by atoms with van der Waals surface area (Å²) in [7, 11) is 0. The minimum atomic E-state index is -4.38. The Bertz CT molecular complexity index is 1150. The molecular weight excluding hydrogens is 372 g/mol. The van der Waals surface area contributed by atoms with Crippen molar-refractivity contribution >= 4 is 22.5 Å². The van der Waals surface area contributed by atoms with E-state index in [1.54, 1.807) is 35.8 Å². The van der Waals surface area contributed by atoms with Crippen molar-refractivity contribution in [2.75, 3.05) is 5.32 Å². The molecule has 0 amide bonds. The van der Waals surface area contributed by atoms with Gasteiger partial charge in [-0.1, -0.05) is 6.07 Å². The Morgan fingerprint density at radius 1 is 0.929 bits per heavy atom. The molecule has 0 saturated heterocycles. The van der Waals surface area contributed by atoms with Gasteiger partial charge in [-0.25, -0.2) is 14.4 Å². The van der Waals surface area contributed by atoms with E-state index in [4.69, 9.17) is 0 Å². The molecule has 28 heavy (non-hydrogen) atoms. The van der Waals surface area contributed by atoms with E-state index in [0.717, 1.165) is 12.1 Å². The van der Waals surface area contributed by atoms with E-state index in [-0.39, 0.29) is 5.82 Å². The number of halogens is 4. The van der Waals surface area contributed by atoms with Crippen molar-refractivity contribution in [3.05, 3.63) is 77.9 Å². The Kier molecular flexibility index (Phi) is 4.26. The molecule has 0 bridgehead atoms. The lowest BCUT2D eigenvalue weighted by Crippen LogP contribution is -2.05. The highest BCUT2D eigenvalue weighted by molar-refractivity contribution is 5.78. The van der Waals surface area contributed by atoms with Crippen LogP contribution in [-0.4, -0.2) is 14.5 Å². The van der Waals surface area contributed by atoms with Crippen LogP contribution in [0.3, 0.4) is 0 Å². The maximum Gasteiger partial charge on any atom is 0.416 e. The summed E-state index contributed by atoms with van der Waals surface area (Å²) in [6, 6.07) is 14.2. The minimum absolute atomic E-state index is 0.382. The molecule has 0 fully saturated rings. The molecule has 0 unspecified atom stereocenters. The summed E-state index contributed by atoms with van der Waals surface area (Å²) >= 11 is 0. The third-order valence-corrected chi connectivity index (χ3v) is 4.23. The monoisotopic (exact) mass is 386 g/mol. The molecule has 142 valence electrons. The van der Waals surface area contributed by atoms with E-state index in [1.165, 1.54) is 24.3 Å². The quantitative estimate of drug-likeness (QED) is 0.464. The molecule has 0 atom stereocenters. The molecule has 8 heteroatoms. The number of nitrogens with one attached hydrogen (secondary N) is 1. The van der Waals surface area contributed by atoms with E-state index < -0.39 is 11.7 Å². The van der Waals surface area contributed by atoms with Crippen LogP contribution in [0.5, 0.6) is 0 Å². The molecule has 0 saturated carbocycles. The lowest BCUT2D eigenvalue weighted by atomic mass is 10.2. The lowest BCUT2D eigenvalue weighted by molar-refractivity contribution is -0.137. The van der Waals surface area contributed by atoms with E-state index in [9.17, 15) is 17.6 Å². The zero-order chi connectivity index (χ0) is 19.9. The molecule has 2 aromatic heterocycles. The summed E-state index contributed by atoms with van der Waals surface area (Å²) in [6.07, 6.45) is -4.38. The second kappa shape index (κ2) is 6.63. The first-order valence-corrected chi connectivity index (χ1v) is 8.37. The van der Waals surface area contributed by atoms with Gasteiger partial charge in [0.25, 0.3) is 0 Å². The van der Waals surface area contributed by atoms with Crippen LogP contribution >= 0.6 is 0 Å². The fourth-order valence-corrected chi connectivity index (χ4v) is 2.97. The topological polar surface area (TPSA) is 42.7 Å². The fourth-order valence-electron chi connectivity index (χ4n) is 2.97. The van der Waals surface area contributed by atoms with Crippen molar-refractivity contribution in [1.82, 2.24) is 14.5 Å². The van der Waals surface area contributed by atoms with Crippen LogP contribution in [0.4, 0.5) is 29.1 Å². The van der Waals surface area contributed by atoms with Crippen molar-refractivity contribution < 1.29 is 17.6 Å². The van der Waals surface area contributed by atoms with E-state index in [1.807, 2.05) is 0 Å². The SMILES string of the molecule is Cc1nc2ccc(F)cc2n1-c1cccc(Nc2ccc(C(F)(F)F)cc2)n1. The molecule has 0 aliphatic heterocycles. The van der Waals surface area contributed by atoms with Gasteiger partial charge in [0, 0.05) is 11.8 Å². The second-order valence-electron chi connectivity index (χ2n) is 6.21. The highest BCUT2D eigenvalue weighted by atomic mass is 19.4. The number of rotatable bonds is 3. The van der Waals surface area contributed by atoms with Gasteiger partial charge >= 0.3 is 6.18 Å². The van der Waals surface area contributed by atoms with Gasteiger partial charge in [-0.05, 0) is 55.5 Å². The third kappa shape index (κ3) is 3.40. The van der Waals surface area contributed by atoms with Crippen molar-refractivity contribution in [3.63, 3.8) is 0 Å². The third-order valence-electron chi connectivity index (χ3n) is 4.23. The van der Waals surface area contributed by atoms with Crippen LogP contribution in [0.25, 0.3) is 16.9 Å². The first-order chi connectivity index (χ1) is 13.3. The van der Waals surface area contributed by atoms with Gasteiger partial charge in [0.05, 0.1) is 16.6 Å². The zero-order valence-electron chi connectivity index (χ0n) is 14.6. The smallest absolute Gasteiger partial charge is 0.340 e. The largest absolute Gasteiger partial charge is 0.416 e. The van der Waals surface area contributed by atoms with Gasteiger partial charge < -0.3 is 5.32 Å². The number of imidazole rings is 1. The van der Waals surface area contributed by atoms with E-state index >= 15 is 0 Å². The van der Waals surface area contributed by atoms with Crippen LogP contribution in [0, 0.1) is 12.7 Å². The lowest BCUT2D eigenvalue weighted by Gasteiger charge is -2.11. The summed E-state index contributed by atoms with van der Waals surface area (Å²) in [5.41, 5.74) is 0.969. The number of pyridine rings is 1. The Morgan fingerprint density at radius 3 is 2.39 bits per heavy atom. The molecule has 0 aliphatic carbocycles. The number of fused-ring (bicyclic) bond motifs is 1. The van der Waals surface area contributed by atoms with Gasteiger partial charge in [0.1, 0.15) is 23.3 Å². The average molecular weight is 386 g/mol. The fraction of sp³-hybridized carbons (Fsp3) is 0.100. The zero-order valence-corrected chi connectivity index (χ0v) is 14.6. The molecule has 0 aliphatic rings. The highest BCUT2D eigenvalue weighted by Gasteiger charge is 2.29. The second-order valence-corrected chi connectivity index (χ2v) is 6.21. The summed E-state index contributed by atoms with van der Waals surface area (Å²) in [6.45, 7) is 1.79. The summed E-state index contributed by atoms with van der Waals surface area (Å²) in [5, 5.41) is 2.98. The van der Waals surface area contributed by atoms with Crippen LogP contribution in [0.15, 0.2) is 60.7 Å². The Labute approximate surface area is 157 Å². The van der Waals surface area contributed by atoms with Crippen molar-refractivity contribution in [1.29, 1.82) is 0 Å². The number of benzene rings is 2. The number of aromatic nitrogens is 3. The number of hydrogen-bond acceptors (Lipinski definition) is 3. The van der Waals surface area contributed by atoms with Crippen molar-refractivity contribution in [3.8, 4) is 5.82 Å². The van der Waals surface area contributed by atoms with Gasteiger partial charge in [-0.2, -0.15) is 13.2 Å². The molecule has 0 spiro atoms. The molecule has 4 aromatic rings. The molecule has 4 nitrogen and oxygen atoms in total. The molecule has 2 heterocycles. The normalized spacial score (nSPS) is 11.8. The molecule has 1 N–H and O–H groups in total. The maximum atomic E-state index is 13.7. The summed E-state index contributed by atoms with van der Waals surface area (Å²) in [4.78, 5) is 8.90. The van der Waals surface area contributed by atoms with Gasteiger partial charge in [0.2, 0.25) is 0 Å². The Balaban J connectivity index is 1.67. The van der Waals surface area contributed by atoms with Crippen LogP contribution < -0.4 is 5.32 Å². The molecular formula is C20H14F4N4. The van der Waals surface area contributed by atoms with Crippen LogP contribution in [-0.2, 0) is 6.18 Å². The predicted molar refractivity (Wildman–Crippen MR) is 98.3 cm³/mol. The van der Waals surface area contributed by atoms with Crippen LogP contribution in [0.1, 0.15) is 11.4 Å². The highest BCUT2D eigenvalue weighted by Crippen LogP contribution is 2.30. The Morgan fingerprint density at radius 2 is 1.68 bits per heavy atom. The van der Waals surface area contributed by atoms with E-state index in [0.29, 0.717) is 34.2 Å². The number of anilines is 2. The summed E-state index contributed by atoms with van der Waals surface area (Å²) in [5.74, 6) is 1.21. The average Bonchev–Trinajstić information content (AvgIpc) is 2.96. The van der Waals surface area contributed by atoms with Gasteiger partial charge in [-0.3, -0.25) is 4.57 Å². The molecule has 4 rings (SSSR count). The van der Waals surface area contributed by atoms with Gasteiger partial charge in [0.15, 0.2) is 0 Å². The number of alkyl halides is 3. The van der Waals surface area contributed by atoms with Crippen molar-refractivity contribution in [2.45, 2.75) is 13.1 Å². The van der Waals surface area contributed by atoms with Crippen molar-refractivity contribution in [2.24, 2.45) is 0 Å². The standard InChI is InChI=1S/C20H14F4N4/c1-12-25-16-10-7-14(21)11-17(16)28(12)19-4-2-3-18(27-19)26-15-8-5-13(6-9-15)20(22,23)24/h2-11H,1H3,(H,26,27). The molecule has 0 radical (unpaired) electrons. The number of aryl methyl sites for hydroxylation is 1. The van der Waals surface area contributed by atoms with Gasteiger partial charge in [-0.15, -0.1) is 0 Å². The number of hydrogen-bond donors (Lipinski definition) is 1.